The second-order valence-corrected chi connectivity index (χ2v) is 5.45. The molecule has 0 bridgehead atoms. The van der Waals surface area contributed by atoms with Crippen molar-refractivity contribution in [1.29, 1.82) is 0 Å². The van der Waals surface area contributed by atoms with Gasteiger partial charge in [0.2, 0.25) is 0 Å². The van der Waals surface area contributed by atoms with Gasteiger partial charge in [-0.3, -0.25) is 4.79 Å². The van der Waals surface area contributed by atoms with Crippen LogP contribution in [0.25, 0.3) is 0 Å². The molecule has 0 saturated carbocycles. The van der Waals surface area contributed by atoms with Gasteiger partial charge in [-0.05, 0) is 39.5 Å². The van der Waals surface area contributed by atoms with E-state index in [1.807, 2.05) is 17.5 Å². The van der Waals surface area contributed by atoms with Crippen LogP contribution in [-0.2, 0) is 6.54 Å². The third-order valence-electron chi connectivity index (χ3n) is 2.29. The fraction of sp³-hybridized carbons (Fsp3) is 0.167. The summed E-state index contributed by atoms with van der Waals surface area (Å²) in [6, 6.07) is 7.46. The molecule has 2 rings (SSSR count). The lowest BCUT2D eigenvalue weighted by atomic mass is 10.2. The molecule has 0 aliphatic carbocycles. The lowest BCUT2D eigenvalue weighted by Gasteiger charge is -2.16. The van der Waals surface area contributed by atoms with Crippen LogP contribution in [0.15, 0.2) is 40.4 Å². The molecule has 2 heterocycles. The number of carbonyl (C=O) groups is 1. The number of thiophene rings is 1. The molecule has 0 atom stereocenters. The van der Waals surface area contributed by atoms with Gasteiger partial charge in [0.05, 0.1) is 6.54 Å². The smallest absolute Gasteiger partial charge is 0.254 e. The Morgan fingerprint density at radius 1 is 1.53 bits per heavy atom. The van der Waals surface area contributed by atoms with Gasteiger partial charge in [-0.25, -0.2) is 4.98 Å². The topological polar surface area (TPSA) is 33.2 Å². The van der Waals surface area contributed by atoms with Crippen molar-refractivity contribution in [3.63, 3.8) is 0 Å². The molecule has 1 amide bonds. The average Bonchev–Trinajstić information content (AvgIpc) is 2.80. The molecule has 0 aliphatic heterocycles. The van der Waals surface area contributed by atoms with E-state index >= 15 is 0 Å². The highest BCUT2D eigenvalue weighted by atomic mass is 79.9. The van der Waals surface area contributed by atoms with Gasteiger partial charge in [0.15, 0.2) is 0 Å². The summed E-state index contributed by atoms with van der Waals surface area (Å²) in [7, 11) is 1.80. The quantitative estimate of drug-likeness (QED) is 0.816. The zero-order valence-electron chi connectivity index (χ0n) is 9.26. The Morgan fingerprint density at radius 3 is 3.00 bits per heavy atom. The molecule has 0 radical (unpaired) electrons. The molecule has 0 unspecified atom stereocenters. The molecule has 2 aromatic rings. The first-order chi connectivity index (χ1) is 8.16. The first kappa shape index (κ1) is 12.3. The molecule has 0 fully saturated rings. The first-order valence-electron chi connectivity index (χ1n) is 5.06. The van der Waals surface area contributed by atoms with E-state index in [1.54, 1.807) is 41.6 Å². The zero-order valence-corrected chi connectivity index (χ0v) is 11.7. The fourth-order valence-electron chi connectivity index (χ4n) is 1.46. The van der Waals surface area contributed by atoms with E-state index in [2.05, 4.69) is 20.9 Å². The van der Waals surface area contributed by atoms with Gasteiger partial charge in [0, 0.05) is 23.7 Å². The Morgan fingerprint density at radius 2 is 2.35 bits per heavy atom. The van der Waals surface area contributed by atoms with Crippen LogP contribution >= 0.6 is 27.3 Å². The van der Waals surface area contributed by atoms with Crippen LogP contribution in [0.3, 0.4) is 0 Å². The standard InChI is InChI=1S/C12H11BrN2OS/c1-15(8-10-3-2-6-17-10)12(16)9-4-5-14-11(13)7-9/h2-7H,8H2,1H3. The third kappa shape index (κ3) is 3.14. The van der Waals surface area contributed by atoms with Crippen LogP contribution < -0.4 is 0 Å². The maximum Gasteiger partial charge on any atom is 0.254 e. The second kappa shape index (κ2) is 5.42. The lowest BCUT2D eigenvalue weighted by molar-refractivity contribution is 0.0786. The van der Waals surface area contributed by atoms with Gasteiger partial charge in [-0.2, -0.15) is 0 Å². The molecular formula is C12H11BrN2OS. The number of carbonyl (C=O) groups excluding carboxylic acids is 1. The van der Waals surface area contributed by atoms with E-state index in [1.165, 1.54) is 4.88 Å². The summed E-state index contributed by atoms with van der Waals surface area (Å²) in [4.78, 5) is 19.0. The van der Waals surface area contributed by atoms with E-state index in [0.717, 1.165) is 0 Å². The fourth-order valence-corrected chi connectivity index (χ4v) is 2.59. The molecule has 88 valence electrons. The van der Waals surface area contributed by atoms with E-state index in [0.29, 0.717) is 16.7 Å². The molecule has 5 heteroatoms. The Kier molecular flexibility index (Phi) is 3.91. The molecule has 17 heavy (non-hydrogen) atoms. The van der Waals surface area contributed by atoms with Crippen molar-refractivity contribution in [2.45, 2.75) is 6.54 Å². The van der Waals surface area contributed by atoms with Crippen molar-refractivity contribution in [1.82, 2.24) is 9.88 Å². The van der Waals surface area contributed by atoms with E-state index in [4.69, 9.17) is 0 Å². The van der Waals surface area contributed by atoms with Gasteiger partial charge in [-0.1, -0.05) is 6.07 Å². The van der Waals surface area contributed by atoms with Crippen LogP contribution in [0, 0.1) is 0 Å². The van der Waals surface area contributed by atoms with Crippen molar-refractivity contribution in [3.8, 4) is 0 Å². The van der Waals surface area contributed by atoms with Gasteiger partial charge in [0.1, 0.15) is 4.60 Å². The van der Waals surface area contributed by atoms with E-state index in [-0.39, 0.29) is 5.91 Å². The normalized spacial score (nSPS) is 10.2. The Labute approximate surface area is 112 Å². The summed E-state index contributed by atoms with van der Waals surface area (Å²) in [5, 5.41) is 2.01. The number of amides is 1. The largest absolute Gasteiger partial charge is 0.337 e. The Hall–Kier alpha value is -1.20. The molecule has 3 nitrogen and oxygen atoms in total. The van der Waals surface area contributed by atoms with Crippen LogP contribution in [0.5, 0.6) is 0 Å². The summed E-state index contributed by atoms with van der Waals surface area (Å²) >= 11 is 4.91. The molecule has 0 spiro atoms. The first-order valence-corrected chi connectivity index (χ1v) is 6.73. The van der Waals surface area contributed by atoms with Crippen LogP contribution in [0.2, 0.25) is 0 Å². The highest BCUT2D eigenvalue weighted by molar-refractivity contribution is 9.10. The van der Waals surface area contributed by atoms with Crippen molar-refractivity contribution >= 4 is 33.2 Å². The summed E-state index contributed by atoms with van der Waals surface area (Å²) in [5.74, 6) is 0.00139. The lowest BCUT2D eigenvalue weighted by Crippen LogP contribution is -2.25. The molecule has 0 saturated heterocycles. The SMILES string of the molecule is CN(Cc1cccs1)C(=O)c1ccnc(Br)c1. The van der Waals surface area contributed by atoms with Crippen molar-refractivity contribution in [3.05, 3.63) is 50.9 Å². The highest BCUT2D eigenvalue weighted by Gasteiger charge is 2.12. The van der Waals surface area contributed by atoms with Crippen molar-refractivity contribution in [2.75, 3.05) is 7.05 Å². The van der Waals surface area contributed by atoms with Crippen LogP contribution in [0.4, 0.5) is 0 Å². The molecule has 2 aromatic heterocycles. The molecule has 0 aromatic carbocycles. The minimum Gasteiger partial charge on any atom is -0.337 e. The molecule has 0 aliphatic rings. The maximum absolute atomic E-state index is 12.1. The number of nitrogens with zero attached hydrogens (tertiary/aromatic N) is 2. The van der Waals surface area contributed by atoms with Crippen molar-refractivity contribution < 1.29 is 4.79 Å². The minimum absolute atomic E-state index is 0.00139. The van der Waals surface area contributed by atoms with Gasteiger partial charge < -0.3 is 4.90 Å². The predicted molar refractivity (Wildman–Crippen MR) is 72.1 cm³/mol. The second-order valence-electron chi connectivity index (χ2n) is 3.61. The maximum atomic E-state index is 12.1. The third-order valence-corrected chi connectivity index (χ3v) is 3.59. The summed E-state index contributed by atoms with van der Waals surface area (Å²) < 4.78 is 0.674. The van der Waals surface area contributed by atoms with Gasteiger partial charge >= 0.3 is 0 Å². The minimum atomic E-state index is 0.00139. The van der Waals surface area contributed by atoms with Crippen molar-refractivity contribution in [2.24, 2.45) is 0 Å². The predicted octanol–water partition coefficient (Wildman–Crippen LogP) is 3.18. The number of pyridine rings is 1. The Bertz CT molecular complexity index is 513. The zero-order chi connectivity index (χ0) is 12.3. The van der Waals surface area contributed by atoms with Crippen LogP contribution in [0.1, 0.15) is 15.2 Å². The molecule has 0 N–H and O–H groups in total. The van der Waals surface area contributed by atoms with Crippen LogP contribution in [-0.4, -0.2) is 22.8 Å². The summed E-state index contributed by atoms with van der Waals surface area (Å²) in [6.45, 7) is 0.635. The number of hydrogen-bond donors (Lipinski definition) is 0. The van der Waals surface area contributed by atoms with Gasteiger partial charge in [-0.15, -0.1) is 11.3 Å². The number of rotatable bonds is 3. The average molecular weight is 311 g/mol. The van der Waals surface area contributed by atoms with E-state index < -0.39 is 0 Å². The number of aromatic nitrogens is 1. The Balaban J connectivity index is 2.09. The van der Waals surface area contributed by atoms with E-state index in [9.17, 15) is 4.79 Å². The number of hydrogen-bond acceptors (Lipinski definition) is 3. The number of halogens is 1. The monoisotopic (exact) mass is 310 g/mol. The highest BCUT2D eigenvalue weighted by Crippen LogP contribution is 2.14. The molecular weight excluding hydrogens is 300 g/mol. The van der Waals surface area contributed by atoms with Gasteiger partial charge in [0.25, 0.3) is 5.91 Å². The summed E-state index contributed by atoms with van der Waals surface area (Å²) in [5.41, 5.74) is 0.644. The summed E-state index contributed by atoms with van der Waals surface area (Å²) in [6.07, 6.45) is 1.62.